The summed E-state index contributed by atoms with van der Waals surface area (Å²) in [5, 5.41) is 0.932. The van der Waals surface area contributed by atoms with Crippen LogP contribution in [0, 0.1) is 0 Å². The van der Waals surface area contributed by atoms with Gasteiger partial charge in [-0.05, 0) is 28.7 Å². The molecule has 0 bridgehead atoms. The minimum Gasteiger partial charge on any atom is -0.0844 e. The summed E-state index contributed by atoms with van der Waals surface area (Å²) < 4.78 is -1.09. The second-order valence-corrected chi connectivity index (χ2v) is 7.60. The van der Waals surface area contributed by atoms with Crippen LogP contribution in [0.15, 0.2) is 12.1 Å². The minimum atomic E-state index is -1.09. The third kappa shape index (κ3) is 2.93. The Morgan fingerprint density at radius 3 is 2.00 bits per heavy atom. The number of halogens is 6. The van der Waals surface area contributed by atoms with Gasteiger partial charge in [-0.3, -0.25) is 0 Å². The summed E-state index contributed by atoms with van der Waals surface area (Å²) in [5.74, 6) is 0. The van der Waals surface area contributed by atoms with E-state index in [9.17, 15) is 0 Å². The van der Waals surface area contributed by atoms with Gasteiger partial charge in [0.05, 0.1) is 15.1 Å². The molecule has 0 aliphatic heterocycles. The van der Waals surface area contributed by atoms with Crippen LogP contribution in [0.4, 0.5) is 0 Å². The fourth-order valence-corrected chi connectivity index (χ4v) is 2.44. The molecule has 0 saturated heterocycles. The molecule has 1 aromatic rings. The molecule has 0 atom stereocenters. The van der Waals surface area contributed by atoms with Gasteiger partial charge in [0, 0.05) is 5.56 Å². The van der Waals surface area contributed by atoms with Gasteiger partial charge < -0.3 is 0 Å². The molecule has 0 aliphatic rings. The predicted octanol–water partition coefficient (Wildman–Crippen LogP) is 5.67. The molecular weight excluding hydrogens is 388 g/mol. The van der Waals surface area contributed by atoms with E-state index in [0.29, 0.717) is 10.6 Å². The van der Waals surface area contributed by atoms with Gasteiger partial charge in [0.15, 0.2) is 2.34 Å². The first-order valence-corrected chi connectivity index (χ1v) is 6.01. The van der Waals surface area contributed by atoms with E-state index in [0.717, 1.165) is 0 Å². The highest BCUT2D eigenvalue weighted by molar-refractivity contribution is 14.1. The van der Waals surface area contributed by atoms with Crippen LogP contribution in [0.25, 0.3) is 0 Å². The third-order valence-corrected chi connectivity index (χ3v) is 3.62. The van der Waals surface area contributed by atoms with E-state index in [2.05, 4.69) is 0 Å². The van der Waals surface area contributed by atoms with E-state index < -0.39 is 2.34 Å². The van der Waals surface area contributed by atoms with Gasteiger partial charge >= 0.3 is 0 Å². The topological polar surface area (TPSA) is 0 Å². The maximum atomic E-state index is 5.89. The van der Waals surface area contributed by atoms with E-state index in [1.807, 2.05) is 22.6 Å². The standard InChI is InChI=1S/C7H2Cl5I/c8-4-2-1-3(7(11,12)13)5(9)6(4)10/h1-2H. The summed E-state index contributed by atoms with van der Waals surface area (Å²) in [6.45, 7) is 0. The van der Waals surface area contributed by atoms with Gasteiger partial charge in [-0.15, -0.1) is 0 Å². The second-order valence-electron chi connectivity index (χ2n) is 2.22. The van der Waals surface area contributed by atoms with Gasteiger partial charge in [-0.2, -0.15) is 0 Å². The molecule has 13 heavy (non-hydrogen) atoms. The van der Waals surface area contributed by atoms with Crippen LogP contribution in [0.3, 0.4) is 0 Å². The Balaban J connectivity index is 3.35. The van der Waals surface area contributed by atoms with Crippen molar-refractivity contribution in [1.82, 2.24) is 0 Å². The molecule has 0 heterocycles. The molecule has 0 N–H and O–H groups in total. The van der Waals surface area contributed by atoms with Crippen LogP contribution >= 0.6 is 80.6 Å². The van der Waals surface area contributed by atoms with Gasteiger partial charge in [-0.1, -0.05) is 64.1 Å². The number of alkyl halides is 3. The average molecular weight is 390 g/mol. The Bertz CT molecular complexity index is 330. The van der Waals surface area contributed by atoms with Crippen LogP contribution < -0.4 is 0 Å². The lowest BCUT2D eigenvalue weighted by Gasteiger charge is -2.14. The summed E-state index contributed by atoms with van der Waals surface area (Å²) in [6, 6.07) is 3.24. The molecule has 0 aromatic heterocycles. The van der Waals surface area contributed by atoms with E-state index in [1.165, 1.54) is 0 Å². The Hall–Kier alpha value is 1.40. The zero-order chi connectivity index (χ0) is 10.2. The number of rotatable bonds is 1. The smallest absolute Gasteiger partial charge is 0.0844 e. The molecular formula is C7H2Cl5I. The number of hydrogen-bond acceptors (Lipinski definition) is 0. The quantitative estimate of drug-likeness (QED) is 0.329. The first kappa shape index (κ1) is 12.5. The summed E-state index contributed by atoms with van der Waals surface area (Å²) in [6.07, 6.45) is 0. The Morgan fingerprint density at radius 1 is 1.00 bits per heavy atom. The van der Waals surface area contributed by atoms with Crippen LogP contribution in [-0.4, -0.2) is 0 Å². The second kappa shape index (κ2) is 4.50. The lowest BCUT2D eigenvalue weighted by atomic mass is 10.2. The molecule has 0 aliphatic carbocycles. The molecule has 0 amide bonds. The maximum absolute atomic E-state index is 5.89. The highest BCUT2D eigenvalue weighted by Crippen LogP contribution is 2.47. The van der Waals surface area contributed by atoms with Crippen molar-refractivity contribution in [2.45, 2.75) is 2.34 Å². The monoisotopic (exact) mass is 388 g/mol. The van der Waals surface area contributed by atoms with Crippen LogP contribution in [0.5, 0.6) is 0 Å². The molecule has 0 fully saturated rings. The van der Waals surface area contributed by atoms with Crippen molar-refractivity contribution in [1.29, 1.82) is 0 Å². The van der Waals surface area contributed by atoms with Gasteiger partial charge in [0.1, 0.15) is 0 Å². The van der Waals surface area contributed by atoms with Crippen molar-refractivity contribution in [3.05, 3.63) is 32.8 Å². The lowest BCUT2D eigenvalue weighted by Crippen LogP contribution is -2.00. The molecule has 0 radical (unpaired) electrons. The van der Waals surface area contributed by atoms with E-state index in [1.54, 1.807) is 12.1 Å². The molecule has 0 nitrogen and oxygen atoms in total. The SMILES string of the molecule is Clc1ccc(C(Cl)(Cl)I)c(Cl)c1Cl. The third-order valence-electron chi connectivity index (χ3n) is 1.34. The van der Waals surface area contributed by atoms with Crippen molar-refractivity contribution in [2.24, 2.45) is 0 Å². The minimum absolute atomic E-state index is 0.267. The summed E-state index contributed by atoms with van der Waals surface area (Å²) in [5.41, 5.74) is 0.535. The highest BCUT2D eigenvalue weighted by Gasteiger charge is 2.26. The zero-order valence-corrected chi connectivity index (χ0v) is 11.9. The molecule has 0 unspecified atom stereocenters. The maximum Gasteiger partial charge on any atom is 0.194 e. The fraction of sp³-hybridized carbons (Fsp3) is 0.143. The Morgan fingerprint density at radius 2 is 1.54 bits per heavy atom. The van der Waals surface area contributed by atoms with Crippen LogP contribution in [-0.2, 0) is 2.34 Å². The van der Waals surface area contributed by atoms with Crippen molar-refractivity contribution in [2.75, 3.05) is 0 Å². The number of benzene rings is 1. The highest BCUT2D eigenvalue weighted by atomic mass is 127. The zero-order valence-electron chi connectivity index (χ0n) is 5.92. The van der Waals surface area contributed by atoms with Gasteiger partial charge in [-0.25, -0.2) is 0 Å². The fourth-order valence-electron chi connectivity index (χ4n) is 0.745. The van der Waals surface area contributed by atoms with Crippen molar-refractivity contribution >= 4 is 80.6 Å². The summed E-state index contributed by atoms with van der Waals surface area (Å²) >= 11 is 31.0. The first-order chi connectivity index (χ1) is 5.84. The Kier molecular flexibility index (Phi) is 4.32. The average Bonchev–Trinajstić information content (AvgIpc) is 1.98. The molecule has 1 aromatic carbocycles. The van der Waals surface area contributed by atoms with Gasteiger partial charge in [0.25, 0.3) is 0 Å². The van der Waals surface area contributed by atoms with E-state index in [-0.39, 0.29) is 10.0 Å². The van der Waals surface area contributed by atoms with E-state index >= 15 is 0 Å². The molecule has 72 valence electrons. The van der Waals surface area contributed by atoms with Crippen molar-refractivity contribution in [3.8, 4) is 0 Å². The largest absolute Gasteiger partial charge is 0.194 e. The van der Waals surface area contributed by atoms with Crippen molar-refractivity contribution < 1.29 is 0 Å². The molecule has 6 heteroatoms. The van der Waals surface area contributed by atoms with Crippen LogP contribution in [0.1, 0.15) is 5.56 Å². The van der Waals surface area contributed by atoms with E-state index in [4.69, 9.17) is 58.0 Å². The normalized spacial score (nSPS) is 11.8. The molecule has 1 rings (SSSR count). The number of hydrogen-bond donors (Lipinski definition) is 0. The molecule has 0 spiro atoms. The summed E-state index contributed by atoms with van der Waals surface area (Å²) in [4.78, 5) is 0. The Labute approximate surface area is 115 Å². The van der Waals surface area contributed by atoms with Gasteiger partial charge in [0.2, 0.25) is 0 Å². The van der Waals surface area contributed by atoms with Crippen molar-refractivity contribution in [3.63, 3.8) is 0 Å². The first-order valence-electron chi connectivity index (χ1n) is 3.04. The lowest BCUT2D eigenvalue weighted by molar-refractivity contribution is 1.31. The molecule has 0 saturated carbocycles. The summed E-state index contributed by atoms with van der Waals surface area (Å²) in [7, 11) is 0. The van der Waals surface area contributed by atoms with Crippen LogP contribution in [0.2, 0.25) is 15.1 Å². The predicted molar refractivity (Wildman–Crippen MR) is 68.9 cm³/mol.